The van der Waals surface area contributed by atoms with Crippen LogP contribution >= 0.6 is 0 Å². The summed E-state index contributed by atoms with van der Waals surface area (Å²) in [6.45, 7) is 8.77. The molecule has 0 spiro atoms. The van der Waals surface area contributed by atoms with Crippen LogP contribution in [0.3, 0.4) is 0 Å². The highest BCUT2D eigenvalue weighted by atomic mass is 19.1. The average molecular weight is 250 g/mol. The molecule has 100 valence electrons. The van der Waals surface area contributed by atoms with Crippen molar-refractivity contribution in [2.75, 3.05) is 6.61 Å². The van der Waals surface area contributed by atoms with Gasteiger partial charge in [-0.15, -0.1) is 0 Å². The first-order valence-corrected chi connectivity index (χ1v) is 6.73. The SMILES string of the molecule is CC(C)(C)c1cccc(C(C)(F)C2CCCO2)c1. The monoisotopic (exact) mass is 250 g/mol. The highest BCUT2D eigenvalue weighted by Gasteiger charge is 2.39. The van der Waals surface area contributed by atoms with Crippen LogP contribution in [-0.4, -0.2) is 12.7 Å². The summed E-state index contributed by atoms with van der Waals surface area (Å²) in [5.74, 6) is 0. The van der Waals surface area contributed by atoms with Crippen molar-refractivity contribution < 1.29 is 9.13 Å². The van der Waals surface area contributed by atoms with Crippen LogP contribution in [0.4, 0.5) is 4.39 Å². The standard InChI is InChI=1S/C16H23FO/c1-15(2,3)12-7-5-8-13(11-12)16(4,17)14-9-6-10-18-14/h5,7-8,11,14H,6,9-10H2,1-4H3. The molecule has 1 heterocycles. The summed E-state index contributed by atoms with van der Waals surface area (Å²) in [5.41, 5.74) is 0.559. The molecule has 0 aliphatic carbocycles. The molecule has 0 saturated carbocycles. The van der Waals surface area contributed by atoms with Crippen molar-refractivity contribution in [3.63, 3.8) is 0 Å². The summed E-state index contributed by atoms with van der Waals surface area (Å²) in [7, 11) is 0. The minimum atomic E-state index is -1.39. The number of rotatable bonds is 2. The molecule has 1 nitrogen and oxygen atoms in total. The summed E-state index contributed by atoms with van der Waals surface area (Å²) >= 11 is 0. The molecule has 0 bridgehead atoms. The van der Waals surface area contributed by atoms with Crippen molar-refractivity contribution in [3.05, 3.63) is 35.4 Å². The maximum atomic E-state index is 15.0. The number of hydrogen-bond acceptors (Lipinski definition) is 1. The Balaban J connectivity index is 2.32. The first-order chi connectivity index (χ1) is 8.32. The van der Waals surface area contributed by atoms with Gasteiger partial charge in [0.05, 0.1) is 6.10 Å². The van der Waals surface area contributed by atoms with Crippen LogP contribution in [0.2, 0.25) is 0 Å². The predicted octanol–water partition coefficient (Wildman–Crippen LogP) is 4.35. The Morgan fingerprint density at radius 2 is 1.83 bits per heavy atom. The van der Waals surface area contributed by atoms with Crippen LogP contribution in [-0.2, 0) is 15.8 Å². The normalized spacial score (nSPS) is 23.9. The highest BCUT2D eigenvalue weighted by molar-refractivity contribution is 5.32. The van der Waals surface area contributed by atoms with Crippen molar-refractivity contribution in [2.24, 2.45) is 0 Å². The molecular weight excluding hydrogens is 227 g/mol. The number of alkyl halides is 1. The molecule has 1 fully saturated rings. The van der Waals surface area contributed by atoms with Crippen LogP contribution in [0.25, 0.3) is 0 Å². The van der Waals surface area contributed by atoms with Gasteiger partial charge in [-0.25, -0.2) is 4.39 Å². The topological polar surface area (TPSA) is 9.23 Å². The molecule has 0 radical (unpaired) electrons. The van der Waals surface area contributed by atoms with Gasteiger partial charge in [-0.05, 0) is 36.3 Å². The van der Waals surface area contributed by atoms with Crippen LogP contribution in [0, 0.1) is 0 Å². The smallest absolute Gasteiger partial charge is 0.159 e. The van der Waals surface area contributed by atoms with E-state index in [1.54, 1.807) is 6.92 Å². The zero-order valence-corrected chi connectivity index (χ0v) is 11.8. The predicted molar refractivity (Wildman–Crippen MR) is 72.6 cm³/mol. The van der Waals surface area contributed by atoms with Crippen molar-refractivity contribution >= 4 is 0 Å². The van der Waals surface area contributed by atoms with E-state index in [1.807, 2.05) is 18.2 Å². The summed E-state index contributed by atoms with van der Waals surface area (Å²) < 4.78 is 20.5. The van der Waals surface area contributed by atoms with E-state index in [1.165, 1.54) is 5.56 Å². The molecule has 2 heteroatoms. The number of benzene rings is 1. The molecule has 0 N–H and O–H groups in total. The zero-order valence-electron chi connectivity index (χ0n) is 11.8. The summed E-state index contributed by atoms with van der Waals surface area (Å²) in [6, 6.07) is 7.87. The van der Waals surface area contributed by atoms with E-state index in [0.717, 1.165) is 18.4 Å². The molecule has 1 saturated heterocycles. The molecule has 1 aromatic rings. The molecule has 0 amide bonds. The molecule has 0 aromatic heterocycles. The van der Waals surface area contributed by atoms with Crippen molar-refractivity contribution in [1.82, 2.24) is 0 Å². The lowest BCUT2D eigenvalue weighted by Crippen LogP contribution is -2.32. The quantitative estimate of drug-likeness (QED) is 0.758. The summed E-state index contributed by atoms with van der Waals surface area (Å²) in [4.78, 5) is 0. The van der Waals surface area contributed by atoms with E-state index in [-0.39, 0.29) is 11.5 Å². The van der Waals surface area contributed by atoms with Crippen LogP contribution in [0.5, 0.6) is 0 Å². The van der Waals surface area contributed by atoms with Crippen molar-refractivity contribution in [2.45, 2.75) is 57.7 Å². The fourth-order valence-electron chi connectivity index (χ4n) is 2.48. The first-order valence-electron chi connectivity index (χ1n) is 6.73. The Morgan fingerprint density at radius 3 is 2.39 bits per heavy atom. The second kappa shape index (κ2) is 4.65. The Kier molecular flexibility index (Phi) is 3.50. The first kappa shape index (κ1) is 13.5. The van der Waals surface area contributed by atoms with Crippen molar-refractivity contribution in [1.29, 1.82) is 0 Å². The Labute approximate surface area is 109 Å². The van der Waals surface area contributed by atoms with E-state index in [0.29, 0.717) is 6.61 Å². The molecule has 18 heavy (non-hydrogen) atoms. The second-order valence-corrected chi connectivity index (χ2v) is 6.41. The molecule has 2 unspecified atom stereocenters. The lowest BCUT2D eigenvalue weighted by atomic mass is 9.82. The Bertz CT molecular complexity index is 411. The van der Waals surface area contributed by atoms with Crippen LogP contribution in [0.15, 0.2) is 24.3 Å². The fraction of sp³-hybridized carbons (Fsp3) is 0.625. The maximum Gasteiger partial charge on any atom is 0.159 e. The van der Waals surface area contributed by atoms with Gasteiger partial charge in [-0.2, -0.15) is 0 Å². The number of halogens is 1. The number of ether oxygens (including phenoxy) is 1. The Hall–Kier alpha value is -0.890. The van der Waals surface area contributed by atoms with Crippen molar-refractivity contribution in [3.8, 4) is 0 Å². The van der Waals surface area contributed by atoms with Gasteiger partial charge in [-0.3, -0.25) is 0 Å². The third kappa shape index (κ3) is 2.59. The van der Waals surface area contributed by atoms with E-state index >= 15 is 0 Å². The highest BCUT2D eigenvalue weighted by Crippen LogP contribution is 2.37. The van der Waals surface area contributed by atoms with Gasteiger partial charge in [-0.1, -0.05) is 45.0 Å². The zero-order chi connectivity index (χ0) is 13.4. The molecule has 1 aliphatic heterocycles. The van der Waals surface area contributed by atoms with Gasteiger partial charge in [0.15, 0.2) is 5.67 Å². The molecule has 1 aromatic carbocycles. The largest absolute Gasteiger partial charge is 0.375 e. The van der Waals surface area contributed by atoms with E-state index in [2.05, 4.69) is 26.8 Å². The second-order valence-electron chi connectivity index (χ2n) is 6.41. The summed E-state index contributed by atoms with van der Waals surface area (Å²) in [6.07, 6.45) is 1.48. The maximum absolute atomic E-state index is 15.0. The summed E-state index contributed by atoms with van der Waals surface area (Å²) in [5, 5.41) is 0. The van der Waals surface area contributed by atoms with E-state index in [9.17, 15) is 4.39 Å². The number of hydrogen-bond donors (Lipinski definition) is 0. The van der Waals surface area contributed by atoms with Gasteiger partial charge in [0.25, 0.3) is 0 Å². The van der Waals surface area contributed by atoms with Gasteiger partial charge < -0.3 is 4.74 Å². The molecule has 2 rings (SSSR count). The van der Waals surface area contributed by atoms with E-state index < -0.39 is 5.67 Å². The van der Waals surface area contributed by atoms with E-state index in [4.69, 9.17) is 4.74 Å². The fourth-order valence-corrected chi connectivity index (χ4v) is 2.48. The molecule has 2 atom stereocenters. The lowest BCUT2D eigenvalue weighted by Gasteiger charge is -2.29. The van der Waals surface area contributed by atoms with Gasteiger partial charge in [0, 0.05) is 6.61 Å². The molecular formula is C16H23FO. The lowest BCUT2D eigenvalue weighted by molar-refractivity contribution is -0.0196. The minimum absolute atomic E-state index is 0.0443. The minimum Gasteiger partial charge on any atom is -0.375 e. The third-order valence-corrected chi connectivity index (χ3v) is 3.83. The van der Waals surface area contributed by atoms with Gasteiger partial charge >= 0.3 is 0 Å². The molecule has 1 aliphatic rings. The third-order valence-electron chi connectivity index (χ3n) is 3.83. The Morgan fingerprint density at radius 1 is 1.17 bits per heavy atom. The van der Waals surface area contributed by atoms with Gasteiger partial charge in [0.2, 0.25) is 0 Å². The van der Waals surface area contributed by atoms with Gasteiger partial charge in [0.1, 0.15) is 0 Å². The van der Waals surface area contributed by atoms with Crippen LogP contribution < -0.4 is 0 Å². The van der Waals surface area contributed by atoms with Crippen LogP contribution in [0.1, 0.15) is 51.7 Å². The average Bonchev–Trinajstić information content (AvgIpc) is 2.82.